The first kappa shape index (κ1) is 15.7. The van der Waals surface area contributed by atoms with Gasteiger partial charge in [0.2, 0.25) is 5.91 Å². The van der Waals surface area contributed by atoms with Gasteiger partial charge in [0.1, 0.15) is 6.54 Å². The Balaban J connectivity index is 1.50. The van der Waals surface area contributed by atoms with E-state index in [1.165, 1.54) is 0 Å². The molecule has 0 aliphatic carbocycles. The molecule has 23 heavy (non-hydrogen) atoms. The lowest BCUT2D eigenvalue weighted by Crippen LogP contribution is -2.49. The van der Waals surface area contributed by atoms with E-state index in [4.69, 9.17) is 0 Å². The van der Waals surface area contributed by atoms with Crippen LogP contribution in [0.5, 0.6) is 0 Å². The number of aromatic nitrogens is 3. The molecule has 3 rings (SSSR count). The molecule has 6 nitrogen and oxygen atoms in total. The summed E-state index contributed by atoms with van der Waals surface area (Å²) >= 11 is 0. The van der Waals surface area contributed by atoms with Gasteiger partial charge in [0.25, 0.3) is 0 Å². The van der Waals surface area contributed by atoms with Crippen LogP contribution in [0.3, 0.4) is 0 Å². The zero-order valence-corrected chi connectivity index (χ0v) is 13.8. The van der Waals surface area contributed by atoms with Crippen molar-refractivity contribution in [3.05, 3.63) is 47.5 Å². The fourth-order valence-electron chi connectivity index (χ4n) is 2.94. The zero-order chi connectivity index (χ0) is 16.2. The maximum absolute atomic E-state index is 12.4. The first-order chi connectivity index (χ1) is 11.1. The summed E-state index contributed by atoms with van der Waals surface area (Å²) in [5.41, 5.74) is 3.06. The Morgan fingerprint density at radius 2 is 1.96 bits per heavy atom. The smallest absolute Gasteiger partial charge is 0.244 e. The second-order valence-electron chi connectivity index (χ2n) is 6.06. The van der Waals surface area contributed by atoms with Gasteiger partial charge in [0, 0.05) is 44.6 Å². The van der Waals surface area contributed by atoms with Gasteiger partial charge in [0.15, 0.2) is 0 Å². The van der Waals surface area contributed by atoms with E-state index in [1.54, 1.807) is 4.68 Å². The first-order valence-corrected chi connectivity index (χ1v) is 8.03. The number of amides is 1. The van der Waals surface area contributed by atoms with Gasteiger partial charge in [-0.1, -0.05) is 6.07 Å². The van der Waals surface area contributed by atoms with Crippen molar-refractivity contribution >= 4 is 5.91 Å². The quantitative estimate of drug-likeness (QED) is 0.852. The molecule has 2 aromatic heterocycles. The lowest BCUT2D eigenvalue weighted by Gasteiger charge is -2.34. The first-order valence-electron chi connectivity index (χ1n) is 8.03. The van der Waals surface area contributed by atoms with Gasteiger partial charge in [0.05, 0.1) is 11.4 Å². The number of aryl methyl sites for hydroxylation is 2. The molecule has 0 bridgehead atoms. The van der Waals surface area contributed by atoms with E-state index in [0.717, 1.165) is 49.8 Å². The summed E-state index contributed by atoms with van der Waals surface area (Å²) in [4.78, 5) is 21.1. The van der Waals surface area contributed by atoms with Gasteiger partial charge in [-0.05, 0) is 32.0 Å². The highest BCUT2D eigenvalue weighted by Crippen LogP contribution is 2.08. The highest BCUT2D eigenvalue weighted by molar-refractivity contribution is 5.76. The van der Waals surface area contributed by atoms with Gasteiger partial charge < -0.3 is 4.90 Å². The molecular weight excluding hydrogens is 290 g/mol. The molecule has 1 amide bonds. The third kappa shape index (κ3) is 3.96. The van der Waals surface area contributed by atoms with Gasteiger partial charge in [-0.25, -0.2) is 0 Å². The Labute approximate surface area is 136 Å². The molecular formula is C17H23N5O. The Morgan fingerprint density at radius 3 is 2.57 bits per heavy atom. The summed E-state index contributed by atoms with van der Waals surface area (Å²) in [6, 6.07) is 7.98. The zero-order valence-electron chi connectivity index (χ0n) is 13.8. The summed E-state index contributed by atoms with van der Waals surface area (Å²) in [5, 5.41) is 4.37. The lowest BCUT2D eigenvalue weighted by atomic mass is 10.2. The summed E-state index contributed by atoms with van der Waals surface area (Å²) in [7, 11) is 0. The molecule has 0 saturated carbocycles. The van der Waals surface area contributed by atoms with Crippen LogP contribution < -0.4 is 0 Å². The molecule has 1 fully saturated rings. The number of rotatable bonds is 4. The average Bonchev–Trinajstić information content (AvgIpc) is 2.86. The lowest BCUT2D eigenvalue weighted by molar-refractivity contribution is -0.133. The van der Waals surface area contributed by atoms with Crippen molar-refractivity contribution < 1.29 is 4.79 Å². The van der Waals surface area contributed by atoms with Crippen LogP contribution in [0.2, 0.25) is 0 Å². The standard InChI is InChI=1S/C17H23N5O/c1-14-11-15(2)22(19-14)13-17(23)21-9-7-20(8-10-21)12-16-5-3-4-6-18-16/h3-6,11H,7-10,12-13H2,1-2H3. The summed E-state index contributed by atoms with van der Waals surface area (Å²) in [5.74, 6) is 0.147. The van der Waals surface area contributed by atoms with Crippen molar-refractivity contribution in [2.75, 3.05) is 26.2 Å². The van der Waals surface area contributed by atoms with E-state index in [9.17, 15) is 4.79 Å². The van der Waals surface area contributed by atoms with E-state index in [0.29, 0.717) is 6.54 Å². The molecule has 2 aromatic rings. The molecule has 0 aromatic carbocycles. The van der Waals surface area contributed by atoms with E-state index >= 15 is 0 Å². The number of pyridine rings is 1. The highest BCUT2D eigenvalue weighted by atomic mass is 16.2. The van der Waals surface area contributed by atoms with E-state index in [2.05, 4.69) is 15.0 Å². The SMILES string of the molecule is Cc1cc(C)n(CC(=O)N2CCN(Cc3ccccn3)CC2)n1. The molecule has 0 unspecified atom stereocenters. The Hall–Kier alpha value is -2.21. The monoisotopic (exact) mass is 313 g/mol. The predicted molar refractivity (Wildman–Crippen MR) is 87.8 cm³/mol. The van der Waals surface area contributed by atoms with Crippen molar-refractivity contribution in [2.24, 2.45) is 0 Å². The highest BCUT2D eigenvalue weighted by Gasteiger charge is 2.22. The molecule has 122 valence electrons. The minimum atomic E-state index is 0.147. The fraction of sp³-hybridized carbons (Fsp3) is 0.471. The molecule has 1 saturated heterocycles. The van der Waals surface area contributed by atoms with Crippen LogP contribution in [0.15, 0.2) is 30.5 Å². The predicted octanol–water partition coefficient (Wildman–Crippen LogP) is 1.24. The molecule has 1 aliphatic heterocycles. The van der Waals surface area contributed by atoms with Crippen LogP contribution in [0, 0.1) is 13.8 Å². The minimum Gasteiger partial charge on any atom is -0.339 e. The second-order valence-corrected chi connectivity index (χ2v) is 6.06. The van der Waals surface area contributed by atoms with Gasteiger partial charge >= 0.3 is 0 Å². The Morgan fingerprint density at radius 1 is 1.17 bits per heavy atom. The van der Waals surface area contributed by atoms with E-state index < -0.39 is 0 Å². The number of nitrogens with zero attached hydrogens (tertiary/aromatic N) is 5. The van der Waals surface area contributed by atoms with Crippen LogP contribution in [-0.4, -0.2) is 56.7 Å². The molecule has 0 spiro atoms. The van der Waals surface area contributed by atoms with Gasteiger partial charge in [-0.2, -0.15) is 5.10 Å². The molecule has 3 heterocycles. The maximum Gasteiger partial charge on any atom is 0.244 e. The van der Waals surface area contributed by atoms with Crippen LogP contribution in [0.1, 0.15) is 17.1 Å². The number of hydrogen-bond donors (Lipinski definition) is 0. The molecule has 0 N–H and O–H groups in total. The minimum absolute atomic E-state index is 0.147. The maximum atomic E-state index is 12.4. The third-order valence-corrected chi connectivity index (χ3v) is 4.23. The van der Waals surface area contributed by atoms with Gasteiger partial charge in [-0.3, -0.25) is 19.4 Å². The van der Waals surface area contributed by atoms with Crippen molar-refractivity contribution in [3.63, 3.8) is 0 Å². The third-order valence-electron chi connectivity index (χ3n) is 4.23. The summed E-state index contributed by atoms with van der Waals surface area (Å²) in [6.45, 7) is 8.43. The van der Waals surface area contributed by atoms with E-state index in [1.807, 2.05) is 49.2 Å². The molecule has 0 atom stereocenters. The van der Waals surface area contributed by atoms with Crippen LogP contribution >= 0.6 is 0 Å². The summed E-state index contributed by atoms with van der Waals surface area (Å²) < 4.78 is 1.79. The van der Waals surface area contributed by atoms with Crippen molar-refractivity contribution in [2.45, 2.75) is 26.9 Å². The normalized spacial score (nSPS) is 15.8. The molecule has 6 heteroatoms. The van der Waals surface area contributed by atoms with Crippen molar-refractivity contribution in [1.82, 2.24) is 24.6 Å². The largest absolute Gasteiger partial charge is 0.339 e. The van der Waals surface area contributed by atoms with Crippen LogP contribution in [0.25, 0.3) is 0 Å². The summed E-state index contributed by atoms with van der Waals surface area (Å²) in [6.07, 6.45) is 1.82. The number of piperazine rings is 1. The van der Waals surface area contributed by atoms with Crippen LogP contribution in [0.4, 0.5) is 0 Å². The number of hydrogen-bond acceptors (Lipinski definition) is 4. The topological polar surface area (TPSA) is 54.3 Å². The van der Waals surface area contributed by atoms with Crippen LogP contribution in [-0.2, 0) is 17.9 Å². The molecule has 0 radical (unpaired) electrons. The Bertz CT molecular complexity index is 659. The average molecular weight is 313 g/mol. The molecule has 1 aliphatic rings. The van der Waals surface area contributed by atoms with Crippen molar-refractivity contribution in [3.8, 4) is 0 Å². The Kier molecular flexibility index (Phi) is 4.71. The van der Waals surface area contributed by atoms with E-state index in [-0.39, 0.29) is 5.91 Å². The van der Waals surface area contributed by atoms with Gasteiger partial charge in [-0.15, -0.1) is 0 Å². The number of carbonyl (C=O) groups excluding carboxylic acids is 1. The fourth-order valence-corrected chi connectivity index (χ4v) is 2.94. The van der Waals surface area contributed by atoms with Crippen molar-refractivity contribution in [1.29, 1.82) is 0 Å². The second kappa shape index (κ2) is 6.91. The number of carbonyl (C=O) groups is 1.